The second-order valence-electron chi connectivity index (χ2n) is 3.49. The van der Waals surface area contributed by atoms with E-state index in [-0.39, 0.29) is 0 Å². The minimum atomic E-state index is 0.333. The Labute approximate surface area is 89.7 Å². The zero-order valence-corrected chi connectivity index (χ0v) is 9.73. The first-order chi connectivity index (χ1) is 6.72. The number of hydrogen-bond donors (Lipinski definition) is 2. The van der Waals surface area contributed by atoms with Gasteiger partial charge in [0.15, 0.2) is 0 Å². The molecule has 0 fully saturated rings. The average Bonchev–Trinajstić information content (AvgIpc) is 2.58. The molecule has 4 heteroatoms. The Morgan fingerprint density at radius 1 is 1.64 bits per heavy atom. The van der Waals surface area contributed by atoms with Gasteiger partial charge in [-0.2, -0.15) is 0 Å². The minimum absolute atomic E-state index is 0.333. The molecule has 0 aliphatic rings. The summed E-state index contributed by atoms with van der Waals surface area (Å²) in [6.07, 6.45) is 2.09. The lowest BCUT2D eigenvalue weighted by Crippen LogP contribution is -2.25. The van der Waals surface area contributed by atoms with E-state index in [1.165, 1.54) is 0 Å². The quantitative estimate of drug-likeness (QED) is 0.707. The van der Waals surface area contributed by atoms with Crippen molar-refractivity contribution >= 4 is 11.3 Å². The number of thiazole rings is 1. The molecule has 0 radical (unpaired) electrons. The fraction of sp³-hybridized carbons (Fsp3) is 0.700. The number of nitrogens with two attached hydrogens (primary N) is 1. The number of hydrogen-bond acceptors (Lipinski definition) is 4. The molecule has 1 atom stereocenters. The summed E-state index contributed by atoms with van der Waals surface area (Å²) in [5, 5.41) is 6.58. The molecule has 80 valence electrons. The van der Waals surface area contributed by atoms with Crippen LogP contribution in [0.25, 0.3) is 0 Å². The molecule has 0 aliphatic heterocycles. The number of aromatic nitrogens is 1. The van der Waals surface area contributed by atoms with E-state index < -0.39 is 0 Å². The van der Waals surface area contributed by atoms with Crippen molar-refractivity contribution in [2.45, 2.75) is 39.3 Å². The maximum atomic E-state index is 5.80. The molecule has 0 spiro atoms. The largest absolute Gasteiger partial charge is 0.328 e. The van der Waals surface area contributed by atoms with Crippen LogP contribution in [0.3, 0.4) is 0 Å². The predicted molar refractivity (Wildman–Crippen MR) is 61.4 cm³/mol. The molecular weight excluding hydrogens is 194 g/mol. The molecule has 0 saturated heterocycles. The van der Waals surface area contributed by atoms with Gasteiger partial charge in [0.2, 0.25) is 0 Å². The SMILES string of the molecule is CCC(N)CCNCc1csc(C)n1. The molecule has 14 heavy (non-hydrogen) atoms. The summed E-state index contributed by atoms with van der Waals surface area (Å²) in [6.45, 7) is 5.99. The molecule has 0 aromatic carbocycles. The van der Waals surface area contributed by atoms with Gasteiger partial charge in [-0.05, 0) is 26.3 Å². The van der Waals surface area contributed by atoms with E-state index in [0.29, 0.717) is 6.04 Å². The van der Waals surface area contributed by atoms with Crippen molar-refractivity contribution in [1.82, 2.24) is 10.3 Å². The maximum absolute atomic E-state index is 5.80. The Bertz CT molecular complexity index is 260. The topological polar surface area (TPSA) is 50.9 Å². The van der Waals surface area contributed by atoms with Crippen molar-refractivity contribution in [3.63, 3.8) is 0 Å². The Balaban J connectivity index is 2.10. The highest BCUT2D eigenvalue weighted by Gasteiger charge is 1.99. The zero-order chi connectivity index (χ0) is 10.4. The van der Waals surface area contributed by atoms with Crippen LogP contribution < -0.4 is 11.1 Å². The van der Waals surface area contributed by atoms with E-state index in [1.54, 1.807) is 11.3 Å². The van der Waals surface area contributed by atoms with Crippen LogP contribution in [0.2, 0.25) is 0 Å². The van der Waals surface area contributed by atoms with Gasteiger partial charge in [-0.3, -0.25) is 0 Å². The lowest BCUT2D eigenvalue weighted by atomic mass is 10.2. The first kappa shape index (κ1) is 11.6. The lowest BCUT2D eigenvalue weighted by Gasteiger charge is -2.08. The summed E-state index contributed by atoms with van der Waals surface area (Å²) in [5.41, 5.74) is 6.94. The molecule has 1 rings (SSSR count). The van der Waals surface area contributed by atoms with Gasteiger partial charge in [0.25, 0.3) is 0 Å². The molecule has 3 N–H and O–H groups in total. The predicted octanol–water partition coefficient (Wildman–Crippen LogP) is 1.67. The second kappa shape index (κ2) is 6.11. The Hall–Kier alpha value is -0.450. The van der Waals surface area contributed by atoms with E-state index in [1.807, 2.05) is 6.92 Å². The average molecular weight is 213 g/mol. The van der Waals surface area contributed by atoms with Crippen molar-refractivity contribution in [3.05, 3.63) is 16.1 Å². The second-order valence-corrected chi connectivity index (χ2v) is 4.55. The Morgan fingerprint density at radius 3 is 3.00 bits per heavy atom. The van der Waals surface area contributed by atoms with Crippen molar-refractivity contribution in [1.29, 1.82) is 0 Å². The van der Waals surface area contributed by atoms with Gasteiger partial charge in [-0.25, -0.2) is 4.98 Å². The monoisotopic (exact) mass is 213 g/mol. The molecule has 0 aliphatic carbocycles. The summed E-state index contributed by atoms with van der Waals surface area (Å²) in [7, 11) is 0. The van der Waals surface area contributed by atoms with E-state index in [0.717, 1.165) is 36.6 Å². The van der Waals surface area contributed by atoms with Crippen LogP contribution in [0.4, 0.5) is 0 Å². The van der Waals surface area contributed by atoms with Crippen LogP contribution in [0, 0.1) is 6.92 Å². The van der Waals surface area contributed by atoms with Gasteiger partial charge < -0.3 is 11.1 Å². The van der Waals surface area contributed by atoms with E-state index >= 15 is 0 Å². The fourth-order valence-electron chi connectivity index (χ4n) is 1.20. The number of aryl methyl sites for hydroxylation is 1. The summed E-state index contributed by atoms with van der Waals surface area (Å²) in [6, 6.07) is 0.333. The third-order valence-corrected chi connectivity index (χ3v) is 3.01. The molecule has 0 amide bonds. The Kier molecular flexibility index (Phi) is 5.07. The number of nitrogens with one attached hydrogen (secondary N) is 1. The molecule has 0 bridgehead atoms. The first-order valence-corrected chi connectivity index (χ1v) is 5.97. The van der Waals surface area contributed by atoms with Crippen LogP contribution in [0.15, 0.2) is 5.38 Å². The van der Waals surface area contributed by atoms with E-state index in [9.17, 15) is 0 Å². The van der Waals surface area contributed by atoms with Crippen molar-refractivity contribution in [2.75, 3.05) is 6.54 Å². The summed E-state index contributed by atoms with van der Waals surface area (Å²) < 4.78 is 0. The maximum Gasteiger partial charge on any atom is 0.0897 e. The highest BCUT2D eigenvalue weighted by atomic mass is 32.1. The van der Waals surface area contributed by atoms with E-state index in [2.05, 4.69) is 22.6 Å². The minimum Gasteiger partial charge on any atom is -0.328 e. The first-order valence-electron chi connectivity index (χ1n) is 5.09. The Morgan fingerprint density at radius 2 is 2.43 bits per heavy atom. The fourth-order valence-corrected chi connectivity index (χ4v) is 1.81. The summed E-state index contributed by atoms with van der Waals surface area (Å²) in [4.78, 5) is 4.37. The molecule has 1 aromatic heterocycles. The third kappa shape index (κ3) is 4.17. The smallest absolute Gasteiger partial charge is 0.0897 e. The molecular formula is C10H19N3S. The van der Waals surface area contributed by atoms with E-state index in [4.69, 9.17) is 5.73 Å². The van der Waals surface area contributed by atoms with Crippen LogP contribution in [-0.4, -0.2) is 17.6 Å². The molecule has 1 aromatic rings. The number of rotatable bonds is 6. The van der Waals surface area contributed by atoms with Gasteiger partial charge in [0.1, 0.15) is 0 Å². The standard InChI is InChI=1S/C10H19N3S/c1-3-9(11)4-5-12-6-10-7-14-8(2)13-10/h7,9,12H,3-6,11H2,1-2H3. The van der Waals surface area contributed by atoms with Crippen molar-refractivity contribution in [2.24, 2.45) is 5.73 Å². The molecule has 3 nitrogen and oxygen atoms in total. The van der Waals surface area contributed by atoms with Gasteiger partial charge in [-0.1, -0.05) is 6.92 Å². The summed E-state index contributed by atoms with van der Waals surface area (Å²) in [5.74, 6) is 0. The zero-order valence-electron chi connectivity index (χ0n) is 8.92. The van der Waals surface area contributed by atoms with Crippen molar-refractivity contribution in [3.8, 4) is 0 Å². The van der Waals surface area contributed by atoms with Crippen LogP contribution >= 0.6 is 11.3 Å². The van der Waals surface area contributed by atoms with Crippen LogP contribution in [0.5, 0.6) is 0 Å². The van der Waals surface area contributed by atoms with Gasteiger partial charge in [-0.15, -0.1) is 11.3 Å². The van der Waals surface area contributed by atoms with Crippen LogP contribution in [-0.2, 0) is 6.54 Å². The van der Waals surface area contributed by atoms with Crippen LogP contribution in [0.1, 0.15) is 30.5 Å². The third-order valence-electron chi connectivity index (χ3n) is 2.19. The lowest BCUT2D eigenvalue weighted by molar-refractivity contribution is 0.547. The van der Waals surface area contributed by atoms with Gasteiger partial charge >= 0.3 is 0 Å². The molecule has 1 heterocycles. The molecule has 1 unspecified atom stereocenters. The highest BCUT2D eigenvalue weighted by molar-refractivity contribution is 7.09. The highest BCUT2D eigenvalue weighted by Crippen LogP contribution is 2.07. The van der Waals surface area contributed by atoms with Gasteiger partial charge in [0, 0.05) is 18.0 Å². The summed E-state index contributed by atoms with van der Waals surface area (Å²) >= 11 is 1.70. The van der Waals surface area contributed by atoms with Gasteiger partial charge in [0.05, 0.1) is 10.7 Å². The van der Waals surface area contributed by atoms with Crippen molar-refractivity contribution < 1.29 is 0 Å². The normalized spacial score (nSPS) is 13.1. The number of nitrogens with zero attached hydrogens (tertiary/aromatic N) is 1. The molecule has 0 saturated carbocycles.